The van der Waals surface area contributed by atoms with Crippen molar-refractivity contribution in [3.63, 3.8) is 0 Å². The van der Waals surface area contributed by atoms with Crippen LogP contribution in [-0.2, 0) is 16.1 Å². The lowest BCUT2D eigenvalue weighted by atomic mass is 9.94. The topological polar surface area (TPSA) is 70.8 Å². The fraction of sp³-hybridized carbons (Fsp3) is 0.167. The predicted molar refractivity (Wildman–Crippen MR) is 109 cm³/mol. The molecule has 1 unspecified atom stereocenters. The summed E-state index contributed by atoms with van der Waals surface area (Å²) in [7, 11) is 0. The van der Waals surface area contributed by atoms with Crippen molar-refractivity contribution in [2.24, 2.45) is 0 Å². The molecule has 1 N–H and O–H groups in total. The fourth-order valence-corrected chi connectivity index (χ4v) is 3.75. The highest BCUT2D eigenvalue weighted by molar-refractivity contribution is 6.46. The van der Waals surface area contributed by atoms with Crippen molar-refractivity contribution in [1.82, 2.24) is 4.90 Å². The van der Waals surface area contributed by atoms with E-state index in [1.54, 1.807) is 19.1 Å². The summed E-state index contributed by atoms with van der Waals surface area (Å²) in [6.45, 7) is 3.56. The Morgan fingerprint density at radius 3 is 2.57 bits per heavy atom. The predicted octanol–water partition coefficient (Wildman–Crippen LogP) is 4.66. The number of aliphatic hydroxyl groups is 1. The number of amides is 1. The van der Waals surface area contributed by atoms with Gasteiger partial charge in [-0.15, -0.1) is 0 Å². The third kappa shape index (κ3) is 3.41. The minimum atomic E-state index is -0.791. The normalized spacial score (nSPS) is 18.2. The molecule has 4 rings (SSSR count). The van der Waals surface area contributed by atoms with E-state index in [1.165, 1.54) is 29.4 Å². The Bertz CT molecular complexity index is 1160. The molecule has 3 aromatic rings. The second kappa shape index (κ2) is 7.63. The van der Waals surface area contributed by atoms with Gasteiger partial charge in [-0.2, -0.15) is 0 Å². The second-order valence-electron chi connectivity index (χ2n) is 7.38. The summed E-state index contributed by atoms with van der Waals surface area (Å²) in [4.78, 5) is 27.2. The molecule has 0 saturated carbocycles. The average molecular weight is 405 g/mol. The van der Waals surface area contributed by atoms with E-state index in [4.69, 9.17) is 4.42 Å². The molecule has 1 aliphatic heterocycles. The first-order valence-corrected chi connectivity index (χ1v) is 9.50. The molecule has 0 bridgehead atoms. The Morgan fingerprint density at radius 1 is 1.10 bits per heavy atom. The van der Waals surface area contributed by atoms with Crippen molar-refractivity contribution in [1.29, 1.82) is 0 Å². The zero-order valence-corrected chi connectivity index (χ0v) is 16.6. The first-order chi connectivity index (χ1) is 14.4. The lowest BCUT2D eigenvalue weighted by molar-refractivity contribution is -0.140. The monoisotopic (exact) mass is 405 g/mol. The summed E-state index contributed by atoms with van der Waals surface area (Å²) in [5, 5.41) is 11.0. The van der Waals surface area contributed by atoms with Crippen LogP contribution in [0.25, 0.3) is 5.76 Å². The Hall–Kier alpha value is -3.67. The smallest absolute Gasteiger partial charge is 0.296 e. The molecule has 2 heterocycles. The Balaban J connectivity index is 1.89. The molecule has 30 heavy (non-hydrogen) atoms. The van der Waals surface area contributed by atoms with E-state index in [1.807, 2.05) is 31.2 Å². The highest BCUT2D eigenvalue weighted by Gasteiger charge is 2.46. The zero-order chi connectivity index (χ0) is 21.4. The molecule has 1 aliphatic rings. The summed E-state index contributed by atoms with van der Waals surface area (Å²) < 4.78 is 19.1. The molecule has 1 amide bonds. The molecule has 2 aromatic carbocycles. The number of nitrogens with zero attached hydrogens (tertiary/aromatic N) is 1. The molecule has 152 valence electrons. The number of Topliss-reactive ketones (excluding diaryl/α,β-unsaturated/α-hetero) is 1. The molecular formula is C24H20FNO4. The van der Waals surface area contributed by atoms with Gasteiger partial charge in [-0.1, -0.05) is 29.8 Å². The molecule has 0 radical (unpaired) electrons. The molecule has 0 aliphatic carbocycles. The van der Waals surface area contributed by atoms with Crippen LogP contribution in [0.15, 0.2) is 70.9 Å². The summed E-state index contributed by atoms with van der Waals surface area (Å²) in [6, 6.07) is 14.1. The zero-order valence-electron chi connectivity index (χ0n) is 16.6. The van der Waals surface area contributed by atoms with Crippen molar-refractivity contribution in [2.45, 2.75) is 26.4 Å². The quantitative estimate of drug-likeness (QED) is 0.389. The summed E-state index contributed by atoms with van der Waals surface area (Å²) in [6.07, 6.45) is 1.49. The lowest BCUT2D eigenvalue weighted by Crippen LogP contribution is -2.29. The number of hydrogen-bond acceptors (Lipinski definition) is 4. The molecule has 0 spiro atoms. The van der Waals surface area contributed by atoms with Crippen LogP contribution in [0.2, 0.25) is 0 Å². The van der Waals surface area contributed by atoms with Gasteiger partial charge in [-0.25, -0.2) is 4.39 Å². The highest BCUT2D eigenvalue weighted by Crippen LogP contribution is 2.40. The Morgan fingerprint density at radius 2 is 1.90 bits per heavy atom. The van der Waals surface area contributed by atoms with Crippen molar-refractivity contribution < 1.29 is 23.5 Å². The van der Waals surface area contributed by atoms with Crippen LogP contribution in [0.5, 0.6) is 0 Å². The first-order valence-electron chi connectivity index (χ1n) is 9.50. The summed E-state index contributed by atoms with van der Waals surface area (Å²) in [5.74, 6) is -1.73. The maximum absolute atomic E-state index is 13.7. The number of aliphatic hydroxyl groups excluding tert-OH is 1. The molecular weight excluding hydrogens is 385 g/mol. The Labute approximate surface area is 173 Å². The van der Waals surface area contributed by atoms with Crippen LogP contribution in [0.4, 0.5) is 4.39 Å². The number of rotatable bonds is 4. The van der Waals surface area contributed by atoms with E-state index < -0.39 is 23.5 Å². The van der Waals surface area contributed by atoms with Crippen LogP contribution in [0.1, 0.15) is 34.1 Å². The summed E-state index contributed by atoms with van der Waals surface area (Å²) in [5.41, 5.74) is 2.23. The van der Waals surface area contributed by atoms with Crippen molar-refractivity contribution >= 4 is 17.4 Å². The van der Waals surface area contributed by atoms with E-state index in [-0.39, 0.29) is 23.4 Å². The maximum Gasteiger partial charge on any atom is 0.296 e. The summed E-state index contributed by atoms with van der Waals surface area (Å²) >= 11 is 0. The third-order valence-corrected chi connectivity index (χ3v) is 5.24. The second-order valence-corrected chi connectivity index (χ2v) is 7.38. The van der Waals surface area contributed by atoms with Crippen LogP contribution < -0.4 is 0 Å². The largest absolute Gasteiger partial charge is 0.507 e. The van der Waals surface area contributed by atoms with Gasteiger partial charge in [0.2, 0.25) is 0 Å². The number of furan rings is 1. The number of hydrogen-bond donors (Lipinski definition) is 1. The molecule has 1 fully saturated rings. The maximum atomic E-state index is 13.7. The standard InChI is InChI=1S/C24H20FNO4/c1-14-5-3-6-16(11-14)21-20(22(27)17-8-9-19(25)15(2)12-17)23(28)24(29)26(21)13-18-7-4-10-30-18/h3-12,21,27H,13H2,1-2H3/b22-20-. The van der Waals surface area contributed by atoms with E-state index >= 15 is 0 Å². The van der Waals surface area contributed by atoms with Crippen LogP contribution in [0, 0.1) is 19.7 Å². The minimum absolute atomic E-state index is 0.0248. The third-order valence-electron chi connectivity index (χ3n) is 5.24. The van der Waals surface area contributed by atoms with Crippen LogP contribution in [-0.4, -0.2) is 21.7 Å². The highest BCUT2D eigenvalue weighted by atomic mass is 19.1. The number of ketones is 1. The van der Waals surface area contributed by atoms with Crippen LogP contribution in [0.3, 0.4) is 0 Å². The van der Waals surface area contributed by atoms with Gasteiger partial charge in [0.25, 0.3) is 11.7 Å². The average Bonchev–Trinajstić information content (AvgIpc) is 3.32. The number of carbonyl (C=O) groups excluding carboxylic acids is 2. The van der Waals surface area contributed by atoms with Gasteiger partial charge < -0.3 is 14.4 Å². The number of halogens is 1. The molecule has 1 atom stereocenters. The van der Waals surface area contributed by atoms with Gasteiger partial charge >= 0.3 is 0 Å². The SMILES string of the molecule is Cc1cccc(C2/C(=C(/O)c3ccc(F)c(C)c3)C(=O)C(=O)N2Cc2ccco2)c1. The van der Waals surface area contributed by atoms with Gasteiger partial charge in [-0.05, 0) is 55.3 Å². The first kappa shape index (κ1) is 19.6. The molecule has 1 saturated heterocycles. The van der Waals surface area contributed by atoms with Gasteiger partial charge in [-0.3, -0.25) is 9.59 Å². The molecule has 6 heteroatoms. The fourth-order valence-electron chi connectivity index (χ4n) is 3.75. The molecule has 5 nitrogen and oxygen atoms in total. The van der Waals surface area contributed by atoms with Gasteiger partial charge in [0.15, 0.2) is 0 Å². The number of likely N-dealkylation sites (tertiary alicyclic amines) is 1. The number of aryl methyl sites for hydroxylation is 2. The van der Waals surface area contributed by atoms with Gasteiger partial charge in [0, 0.05) is 5.56 Å². The molecule has 1 aromatic heterocycles. The van der Waals surface area contributed by atoms with Crippen molar-refractivity contribution in [3.8, 4) is 0 Å². The van der Waals surface area contributed by atoms with E-state index in [9.17, 15) is 19.1 Å². The number of carbonyl (C=O) groups is 2. The van der Waals surface area contributed by atoms with Gasteiger partial charge in [0.1, 0.15) is 17.3 Å². The van der Waals surface area contributed by atoms with Crippen LogP contribution >= 0.6 is 0 Å². The number of benzene rings is 2. The van der Waals surface area contributed by atoms with Crippen molar-refractivity contribution in [3.05, 3.63) is 100 Å². The lowest BCUT2D eigenvalue weighted by Gasteiger charge is -2.24. The Kier molecular flexibility index (Phi) is 4.99. The van der Waals surface area contributed by atoms with Gasteiger partial charge in [0.05, 0.1) is 24.4 Å². The van der Waals surface area contributed by atoms with E-state index in [0.29, 0.717) is 16.9 Å². The van der Waals surface area contributed by atoms with E-state index in [2.05, 4.69) is 0 Å². The van der Waals surface area contributed by atoms with E-state index in [0.717, 1.165) is 5.56 Å². The van der Waals surface area contributed by atoms with Crippen molar-refractivity contribution in [2.75, 3.05) is 0 Å². The minimum Gasteiger partial charge on any atom is -0.507 e.